The maximum absolute atomic E-state index is 13.0. The SMILES string of the molecule is O=C(O)C1=CC=CN(Cc2ccc(Cl)s2)C1SCCCc1ccc(F)cc1. The molecular weight excluding hydrogens is 405 g/mol. The van der Waals surface area contributed by atoms with E-state index in [0.717, 1.165) is 33.4 Å². The van der Waals surface area contributed by atoms with Crippen LogP contribution in [0.3, 0.4) is 0 Å². The molecule has 0 amide bonds. The van der Waals surface area contributed by atoms with Crippen LogP contribution in [0.25, 0.3) is 0 Å². The van der Waals surface area contributed by atoms with Gasteiger partial charge in [-0.05, 0) is 60.6 Å². The van der Waals surface area contributed by atoms with Crippen molar-refractivity contribution >= 4 is 40.7 Å². The van der Waals surface area contributed by atoms with E-state index >= 15 is 0 Å². The van der Waals surface area contributed by atoms with Gasteiger partial charge in [-0.15, -0.1) is 23.1 Å². The van der Waals surface area contributed by atoms with Crippen molar-refractivity contribution in [3.8, 4) is 0 Å². The van der Waals surface area contributed by atoms with Crippen LogP contribution < -0.4 is 0 Å². The number of rotatable bonds is 8. The number of thiophene rings is 1. The molecule has 27 heavy (non-hydrogen) atoms. The first-order valence-electron chi connectivity index (χ1n) is 8.50. The Kier molecular flexibility index (Phi) is 6.99. The Morgan fingerprint density at radius 3 is 2.70 bits per heavy atom. The van der Waals surface area contributed by atoms with Crippen LogP contribution in [0.2, 0.25) is 4.34 Å². The van der Waals surface area contributed by atoms with E-state index in [2.05, 4.69) is 0 Å². The monoisotopic (exact) mass is 423 g/mol. The summed E-state index contributed by atoms with van der Waals surface area (Å²) >= 11 is 9.13. The van der Waals surface area contributed by atoms with Crippen LogP contribution in [0.4, 0.5) is 4.39 Å². The van der Waals surface area contributed by atoms with E-state index < -0.39 is 5.97 Å². The molecule has 1 aromatic heterocycles. The molecule has 1 N–H and O–H groups in total. The maximum Gasteiger partial charge on any atom is 0.334 e. The average Bonchev–Trinajstić information content (AvgIpc) is 3.05. The van der Waals surface area contributed by atoms with Crippen LogP contribution in [0, 0.1) is 5.82 Å². The molecule has 2 aromatic rings. The molecule has 0 radical (unpaired) electrons. The van der Waals surface area contributed by atoms with Crippen molar-refractivity contribution in [3.05, 3.63) is 80.9 Å². The Balaban J connectivity index is 1.60. The van der Waals surface area contributed by atoms with Crippen molar-refractivity contribution in [2.75, 3.05) is 5.75 Å². The number of carbonyl (C=O) groups is 1. The zero-order valence-electron chi connectivity index (χ0n) is 14.5. The summed E-state index contributed by atoms with van der Waals surface area (Å²) in [6, 6.07) is 10.3. The highest BCUT2D eigenvalue weighted by atomic mass is 35.5. The summed E-state index contributed by atoms with van der Waals surface area (Å²) < 4.78 is 13.7. The zero-order valence-corrected chi connectivity index (χ0v) is 16.9. The predicted octanol–water partition coefficient (Wildman–Crippen LogP) is 5.57. The molecule has 142 valence electrons. The molecule has 3 rings (SSSR count). The summed E-state index contributed by atoms with van der Waals surface area (Å²) in [4.78, 5) is 14.8. The molecule has 2 heterocycles. The van der Waals surface area contributed by atoms with Gasteiger partial charge in [-0.25, -0.2) is 9.18 Å². The van der Waals surface area contributed by atoms with Gasteiger partial charge in [0.15, 0.2) is 0 Å². The second-order valence-corrected chi connectivity index (χ2v) is 9.09. The molecule has 0 bridgehead atoms. The van der Waals surface area contributed by atoms with Crippen molar-refractivity contribution < 1.29 is 14.3 Å². The molecule has 0 aliphatic carbocycles. The minimum atomic E-state index is -0.899. The van der Waals surface area contributed by atoms with Crippen LogP contribution in [0.15, 0.2) is 60.3 Å². The number of carboxylic acid groups (broad SMARTS) is 1. The number of aliphatic carboxylic acids is 1. The van der Waals surface area contributed by atoms with Gasteiger partial charge in [0.2, 0.25) is 0 Å². The Morgan fingerprint density at radius 1 is 1.26 bits per heavy atom. The van der Waals surface area contributed by atoms with E-state index in [4.69, 9.17) is 11.6 Å². The minimum Gasteiger partial charge on any atom is -0.478 e. The van der Waals surface area contributed by atoms with Crippen molar-refractivity contribution in [1.82, 2.24) is 4.90 Å². The second kappa shape index (κ2) is 9.44. The summed E-state index contributed by atoms with van der Waals surface area (Å²) in [5, 5.41) is 9.31. The molecule has 3 nitrogen and oxygen atoms in total. The fraction of sp³-hybridized carbons (Fsp3) is 0.250. The van der Waals surface area contributed by atoms with Crippen LogP contribution in [-0.2, 0) is 17.8 Å². The molecule has 1 aliphatic rings. The van der Waals surface area contributed by atoms with Gasteiger partial charge < -0.3 is 10.0 Å². The quantitative estimate of drug-likeness (QED) is 0.563. The van der Waals surface area contributed by atoms with Crippen LogP contribution in [-0.4, -0.2) is 27.1 Å². The molecule has 7 heteroatoms. The van der Waals surface area contributed by atoms with Gasteiger partial charge in [-0.2, -0.15) is 0 Å². The van der Waals surface area contributed by atoms with Crippen LogP contribution in [0.1, 0.15) is 16.9 Å². The number of allylic oxidation sites excluding steroid dienone is 2. The molecule has 0 fully saturated rings. The number of nitrogens with zero attached hydrogens (tertiary/aromatic N) is 1. The standard InChI is InChI=1S/C20H19ClFNO2S2/c21-18-10-9-16(27-18)13-23-11-1-4-17(20(24)25)19(23)26-12-2-3-14-5-7-15(22)8-6-14/h1,4-11,19H,2-3,12-13H2,(H,24,25). The Bertz CT molecular complexity index is 848. The molecule has 0 saturated carbocycles. The van der Waals surface area contributed by atoms with Crippen LogP contribution in [0.5, 0.6) is 0 Å². The third-order valence-corrected chi connectivity index (χ3v) is 6.71. The number of thioether (sulfide) groups is 1. The lowest BCUT2D eigenvalue weighted by Gasteiger charge is -2.32. The summed E-state index contributed by atoms with van der Waals surface area (Å²) in [6.45, 7) is 0.619. The van der Waals surface area contributed by atoms with Gasteiger partial charge >= 0.3 is 5.97 Å². The Morgan fingerprint density at radius 2 is 2.04 bits per heavy atom. The van der Waals surface area contributed by atoms with Gasteiger partial charge in [-0.3, -0.25) is 0 Å². The molecule has 0 saturated heterocycles. The highest BCUT2D eigenvalue weighted by Gasteiger charge is 2.27. The smallest absolute Gasteiger partial charge is 0.334 e. The van der Waals surface area contributed by atoms with Crippen molar-refractivity contribution in [3.63, 3.8) is 0 Å². The summed E-state index contributed by atoms with van der Waals surface area (Å²) in [7, 11) is 0. The van der Waals surface area contributed by atoms with Crippen molar-refractivity contribution in [1.29, 1.82) is 0 Å². The van der Waals surface area contributed by atoms with Crippen molar-refractivity contribution in [2.24, 2.45) is 0 Å². The number of hydrogen-bond donors (Lipinski definition) is 1. The summed E-state index contributed by atoms with van der Waals surface area (Å²) in [5.74, 6) is -0.324. The number of halogens is 2. The molecule has 1 aliphatic heterocycles. The van der Waals surface area contributed by atoms with E-state index in [1.165, 1.54) is 23.5 Å². The average molecular weight is 424 g/mol. The third-order valence-electron chi connectivity index (χ3n) is 4.13. The first-order chi connectivity index (χ1) is 13.0. The molecule has 1 aromatic carbocycles. The van der Waals surface area contributed by atoms with Gasteiger partial charge in [0.1, 0.15) is 11.2 Å². The van der Waals surface area contributed by atoms with Gasteiger partial charge in [-0.1, -0.05) is 23.7 Å². The van der Waals surface area contributed by atoms with Crippen LogP contribution >= 0.6 is 34.7 Å². The van der Waals surface area contributed by atoms with E-state index in [1.807, 2.05) is 23.2 Å². The first-order valence-corrected chi connectivity index (χ1v) is 10.7. The second-order valence-electron chi connectivity index (χ2n) is 6.10. The molecular formula is C20H19ClFNO2S2. The van der Waals surface area contributed by atoms with Gasteiger partial charge in [0.05, 0.1) is 16.5 Å². The third kappa shape index (κ3) is 5.61. The molecule has 1 atom stereocenters. The predicted molar refractivity (Wildman–Crippen MR) is 111 cm³/mol. The highest BCUT2D eigenvalue weighted by molar-refractivity contribution is 8.00. The Labute approximate surface area is 171 Å². The zero-order chi connectivity index (χ0) is 19.2. The maximum atomic E-state index is 13.0. The lowest BCUT2D eigenvalue weighted by atomic mass is 10.1. The normalized spacial score (nSPS) is 16.4. The largest absolute Gasteiger partial charge is 0.478 e. The van der Waals surface area contributed by atoms with Gasteiger partial charge in [0.25, 0.3) is 0 Å². The molecule has 1 unspecified atom stereocenters. The van der Waals surface area contributed by atoms with Crippen molar-refractivity contribution in [2.45, 2.75) is 24.8 Å². The van der Waals surface area contributed by atoms with E-state index in [0.29, 0.717) is 12.1 Å². The number of aryl methyl sites for hydroxylation is 1. The fourth-order valence-electron chi connectivity index (χ4n) is 2.83. The van der Waals surface area contributed by atoms with Gasteiger partial charge in [0, 0.05) is 11.1 Å². The van der Waals surface area contributed by atoms with E-state index in [1.54, 1.807) is 36.0 Å². The number of hydrogen-bond acceptors (Lipinski definition) is 4. The van der Waals surface area contributed by atoms with E-state index in [9.17, 15) is 14.3 Å². The molecule has 0 spiro atoms. The highest BCUT2D eigenvalue weighted by Crippen LogP contribution is 2.31. The number of benzene rings is 1. The van der Waals surface area contributed by atoms with E-state index in [-0.39, 0.29) is 11.2 Å². The first kappa shape index (κ1) is 20.0. The summed E-state index contributed by atoms with van der Waals surface area (Å²) in [5.41, 5.74) is 1.46. The Hall–Kier alpha value is -1.76. The lowest BCUT2D eigenvalue weighted by molar-refractivity contribution is -0.133. The topological polar surface area (TPSA) is 40.5 Å². The lowest BCUT2D eigenvalue weighted by Crippen LogP contribution is -2.34. The summed E-state index contributed by atoms with van der Waals surface area (Å²) in [6.07, 6.45) is 7.09. The number of carboxylic acids is 1. The fourth-order valence-corrected chi connectivity index (χ4v) is 5.16. The minimum absolute atomic E-state index is 0.234.